The number of ether oxygens (including phenoxy) is 6. The highest BCUT2D eigenvalue weighted by atomic mass is 16.5. The lowest BCUT2D eigenvalue weighted by molar-refractivity contribution is 0.234. The fraction of sp³-hybridized carbons (Fsp3) is 0.727. The van der Waals surface area contributed by atoms with Crippen molar-refractivity contribution in [2.45, 2.75) is 325 Å². The van der Waals surface area contributed by atoms with Gasteiger partial charge in [0.2, 0.25) is 23.4 Å². The van der Waals surface area contributed by atoms with Crippen molar-refractivity contribution in [2.75, 3.05) is 50.3 Å². The van der Waals surface area contributed by atoms with Gasteiger partial charge in [0.05, 0.1) is 39.6 Å². The van der Waals surface area contributed by atoms with Crippen molar-refractivity contribution < 1.29 is 28.4 Å². The number of rotatable bonds is 60. The Morgan fingerprint density at radius 2 is 0.511 bits per heavy atom. The summed E-state index contributed by atoms with van der Waals surface area (Å²) in [5, 5.41) is 7.27. The smallest absolute Gasteiger partial charge is 0.232 e. The average molecular weight is 1220 g/mol. The number of nitrogens with one attached hydrogen (secondary N) is 2. The second kappa shape index (κ2) is 51.8. The van der Waals surface area contributed by atoms with E-state index >= 15 is 0 Å². The summed E-state index contributed by atoms with van der Waals surface area (Å²) >= 11 is 0. The Labute approximate surface area is 538 Å². The van der Waals surface area contributed by atoms with Crippen molar-refractivity contribution in [3.8, 4) is 45.9 Å². The number of hydrogen-bond donors (Lipinski definition) is 2. The van der Waals surface area contributed by atoms with Gasteiger partial charge in [-0.15, -0.1) is 0 Å². The van der Waals surface area contributed by atoms with Crippen molar-refractivity contribution in [3.05, 3.63) is 54.1 Å². The molecule has 4 rings (SSSR count). The highest BCUT2D eigenvalue weighted by Gasteiger charge is 2.21. The van der Waals surface area contributed by atoms with E-state index in [2.05, 4.69) is 83.4 Å². The molecule has 0 fully saturated rings. The third kappa shape index (κ3) is 34.3. The molecule has 0 unspecified atom stereocenters. The second-order valence-corrected chi connectivity index (χ2v) is 25.0. The molecule has 11 nitrogen and oxygen atoms in total. The van der Waals surface area contributed by atoms with Crippen LogP contribution in [0.5, 0.6) is 34.5 Å². The van der Waals surface area contributed by atoms with E-state index in [0.29, 0.717) is 91.9 Å². The zero-order valence-corrected chi connectivity index (χ0v) is 57.6. The molecule has 3 aromatic carbocycles. The van der Waals surface area contributed by atoms with E-state index < -0.39 is 0 Å². The predicted octanol–water partition coefficient (Wildman–Crippen LogP) is 24.4. The Balaban J connectivity index is 1.77. The number of nitrogens with zero attached hydrogens (tertiary/aromatic N) is 3. The third-order valence-corrected chi connectivity index (χ3v) is 16.8. The largest absolute Gasteiger partial charge is 0.489 e. The van der Waals surface area contributed by atoms with Crippen LogP contribution in [-0.2, 0) is 6.42 Å². The Morgan fingerprint density at radius 1 is 0.273 bits per heavy atom. The predicted molar refractivity (Wildman–Crippen MR) is 375 cm³/mol. The third-order valence-electron chi connectivity index (χ3n) is 16.8. The molecule has 498 valence electrons. The number of hydrogen-bond acceptors (Lipinski definition) is 11. The summed E-state index contributed by atoms with van der Waals surface area (Å²) in [6.45, 7) is 19.4. The van der Waals surface area contributed by atoms with Gasteiger partial charge in [0.1, 0.15) is 0 Å². The van der Waals surface area contributed by atoms with Crippen molar-refractivity contribution in [3.63, 3.8) is 0 Å². The highest BCUT2D eigenvalue weighted by Crippen LogP contribution is 2.44. The van der Waals surface area contributed by atoms with Gasteiger partial charge >= 0.3 is 0 Å². The fourth-order valence-electron chi connectivity index (χ4n) is 11.2. The molecule has 0 aliphatic carbocycles. The van der Waals surface area contributed by atoms with Gasteiger partial charge in [-0.1, -0.05) is 304 Å². The van der Waals surface area contributed by atoms with Crippen LogP contribution in [-0.4, -0.2) is 54.6 Å². The molecular weight excluding hydrogens is 1090 g/mol. The summed E-state index contributed by atoms with van der Waals surface area (Å²) < 4.78 is 40.6. The minimum Gasteiger partial charge on any atom is -0.489 e. The lowest BCUT2D eigenvalue weighted by Crippen LogP contribution is -2.09. The molecular formula is C77H129N5O6. The van der Waals surface area contributed by atoms with E-state index in [4.69, 9.17) is 43.4 Å². The molecule has 0 saturated heterocycles. The van der Waals surface area contributed by atoms with Crippen molar-refractivity contribution in [2.24, 2.45) is 0 Å². The van der Waals surface area contributed by atoms with Crippen LogP contribution < -0.4 is 39.1 Å². The minimum atomic E-state index is 0.389. The van der Waals surface area contributed by atoms with Gasteiger partial charge in [0.25, 0.3) is 0 Å². The molecule has 0 saturated carbocycles. The first kappa shape index (κ1) is 75.5. The van der Waals surface area contributed by atoms with Crippen LogP contribution >= 0.6 is 0 Å². The number of aromatic nitrogens is 3. The van der Waals surface area contributed by atoms with Crippen molar-refractivity contribution >= 4 is 23.3 Å². The van der Waals surface area contributed by atoms with E-state index in [9.17, 15) is 0 Å². The average Bonchev–Trinajstić information content (AvgIpc) is 3.18. The van der Waals surface area contributed by atoms with Gasteiger partial charge < -0.3 is 39.1 Å². The SMILES string of the molecule is CCCCCCCCCOc1cc(Nc2nc(Nc3cc(OCCCCCCCCC)c(OCCCCCCCCC)c(OCCCCCCCCC)c3)nc(-c3ccc(CC)cc3)n2)cc(OCCCCCCCCC)c1OCCCCCCCCC. The molecule has 0 amide bonds. The van der Waals surface area contributed by atoms with E-state index in [0.717, 1.165) is 100 Å². The second-order valence-electron chi connectivity index (χ2n) is 25.0. The molecule has 4 aromatic rings. The molecule has 0 aliphatic heterocycles. The quantitative estimate of drug-likeness (QED) is 0.0412. The number of anilines is 4. The zero-order valence-electron chi connectivity index (χ0n) is 57.6. The van der Waals surface area contributed by atoms with E-state index in [1.54, 1.807) is 0 Å². The van der Waals surface area contributed by atoms with Crippen LogP contribution in [0.3, 0.4) is 0 Å². The van der Waals surface area contributed by atoms with E-state index in [-0.39, 0.29) is 0 Å². The Bertz CT molecular complexity index is 2080. The fourth-order valence-corrected chi connectivity index (χ4v) is 11.2. The minimum absolute atomic E-state index is 0.389. The Hall–Kier alpha value is -4.93. The summed E-state index contributed by atoms with van der Waals surface area (Å²) in [5.41, 5.74) is 3.64. The molecule has 2 N–H and O–H groups in total. The van der Waals surface area contributed by atoms with Crippen molar-refractivity contribution in [1.82, 2.24) is 15.0 Å². The maximum Gasteiger partial charge on any atom is 0.232 e. The number of aryl methyl sites for hydroxylation is 1. The molecule has 0 radical (unpaired) electrons. The summed E-state index contributed by atoms with van der Waals surface area (Å²) in [6.07, 6.45) is 51.7. The van der Waals surface area contributed by atoms with Crippen molar-refractivity contribution in [1.29, 1.82) is 0 Å². The maximum absolute atomic E-state index is 6.77. The van der Waals surface area contributed by atoms with Gasteiger partial charge in [0.15, 0.2) is 28.8 Å². The molecule has 1 heterocycles. The van der Waals surface area contributed by atoms with Gasteiger partial charge in [-0.25, -0.2) is 0 Å². The first-order valence-electron chi connectivity index (χ1n) is 37.0. The maximum atomic E-state index is 6.77. The Morgan fingerprint density at radius 3 is 0.761 bits per heavy atom. The lowest BCUT2D eigenvalue weighted by atomic mass is 10.1. The molecule has 11 heteroatoms. The first-order valence-corrected chi connectivity index (χ1v) is 37.0. The van der Waals surface area contributed by atoms with Gasteiger partial charge in [-0.2, -0.15) is 15.0 Å². The summed E-state index contributed by atoms with van der Waals surface area (Å²) in [4.78, 5) is 15.4. The molecule has 0 atom stereocenters. The normalized spacial score (nSPS) is 11.3. The molecule has 1 aromatic heterocycles. The number of unbranched alkanes of at least 4 members (excludes halogenated alkanes) is 36. The highest BCUT2D eigenvalue weighted by molar-refractivity contribution is 5.70. The van der Waals surface area contributed by atoms with E-state index in [1.807, 2.05) is 24.3 Å². The summed E-state index contributed by atoms with van der Waals surface area (Å²) in [7, 11) is 0. The van der Waals surface area contributed by atoms with Crippen LogP contribution in [0.4, 0.5) is 23.3 Å². The number of benzene rings is 3. The summed E-state index contributed by atoms with van der Waals surface area (Å²) in [6, 6.07) is 16.7. The van der Waals surface area contributed by atoms with E-state index in [1.165, 1.54) is 198 Å². The summed E-state index contributed by atoms with van der Waals surface area (Å²) in [5.74, 6) is 5.41. The monoisotopic (exact) mass is 1220 g/mol. The van der Waals surface area contributed by atoms with Gasteiger partial charge in [0, 0.05) is 41.2 Å². The molecule has 88 heavy (non-hydrogen) atoms. The first-order chi connectivity index (χ1) is 43.5. The van der Waals surface area contributed by atoms with Crippen LogP contribution in [0, 0.1) is 0 Å². The zero-order chi connectivity index (χ0) is 62.6. The van der Waals surface area contributed by atoms with Crippen LogP contribution in [0.25, 0.3) is 11.4 Å². The van der Waals surface area contributed by atoms with Gasteiger partial charge in [-0.3, -0.25) is 0 Å². The topological polar surface area (TPSA) is 118 Å². The molecule has 0 bridgehead atoms. The molecule has 0 aliphatic rings. The lowest BCUT2D eigenvalue weighted by Gasteiger charge is -2.20. The van der Waals surface area contributed by atoms with Crippen LogP contribution in [0.2, 0.25) is 0 Å². The molecule has 0 spiro atoms. The van der Waals surface area contributed by atoms with Crippen LogP contribution in [0.1, 0.15) is 324 Å². The van der Waals surface area contributed by atoms with Gasteiger partial charge in [-0.05, 0) is 50.5 Å². The standard InChI is InChI=1S/C77H129N5O6/c1-8-15-21-27-33-39-45-55-83-69-61-67(62-70(84-56-46-40-34-28-22-16-9-2)73(69)87-59-49-43-37-31-25-19-12-5)78-76-80-75(66-53-51-65(14-7)52-54-66)81-77(82-76)79-68-63-71(85-57-47-41-35-29-23-17-10-3)74(88-60-50-44-38-32-26-20-13-6)72(64-68)86-58-48-42-36-30-24-18-11-4/h51-54,61-64H,8-50,55-60H2,1-7H3,(H2,78,79,80,81,82). The Kier molecular flexibility index (Phi) is 44.4. The van der Waals surface area contributed by atoms with Crippen LogP contribution in [0.15, 0.2) is 48.5 Å².